The Morgan fingerprint density at radius 3 is 2.18 bits per heavy atom. The summed E-state index contributed by atoms with van der Waals surface area (Å²) in [6.07, 6.45) is -1.89. The third kappa shape index (κ3) is 2.39. The van der Waals surface area contributed by atoms with Gasteiger partial charge in [-0.05, 0) is 23.8 Å². The maximum absolute atomic E-state index is 13.3. The minimum absolute atomic E-state index is 0.0930. The molecule has 8 heteroatoms. The molecule has 0 saturated carbocycles. The fourth-order valence-electron chi connectivity index (χ4n) is 2.16. The molecule has 3 rings (SSSR count). The second-order valence-electron chi connectivity index (χ2n) is 4.59. The maximum atomic E-state index is 13.3. The molecular formula is C14H8F3N3O2. The number of hydrogen-bond acceptors (Lipinski definition) is 3. The number of pyridine rings is 1. The second kappa shape index (κ2) is 4.83. The third-order valence-electron chi connectivity index (χ3n) is 3.14. The summed E-state index contributed by atoms with van der Waals surface area (Å²) in [4.78, 5) is 30.8. The average Bonchev–Trinajstić information content (AvgIpc) is 2.47. The molecule has 0 amide bonds. The van der Waals surface area contributed by atoms with E-state index in [2.05, 4.69) is 15.0 Å². The Morgan fingerprint density at radius 2 is 1.64 bits per heavy atom. The van der Waals surface area contributed by atoms with E-state index >= 15 is 0 Å². The number of nitrogens with one attached hydrogen (secondary N) is 2. The molecule has 0 fully saturated rings. The number of hydrogen-bond donors (Lipinski definition) is 2. The van der Waals surface area contributed by atoms with Gasteiger partial charge in [-0.15, -0.1) is 0 Å². The van der Waals surface area contributed by atoms with E-state index in [1.165, 1.54) is 30.6 Å². The zero-order valence-corrected chi connectivity index (χ0v) is 10.9. The van der Waals surface area contributed by atoms with Gasteiger partial charge in [0.05, 0.1) is 16.6 Å². The molecule has 1 aromatic carbocycles. The standard InChI is InChI=1S/C14H8F3N3O2/c15-14(16,17)9-5-11-10(19-12(21)13(22)20-11)4-8(9)7-2-1-3-18-6-7/h1-6H,(H,19,21)(H,20,22). The average molecular weight is 307 g/mol. The van der Waals surface area contributed by atoms with Gasteiger partial charge in [-0.2, -0.15) is 13.2 Å². The number of fused-ring (bicyclic) bond motifs is 1. The zero-order valence-electron chi connectivity index (χ0n) is 10.9. The monoisotopic (exact) mass is 307 g/mol. The molecule has 0 bridgehead atoms. The van der Waals surface area contributed by atoms with Crippen LogP contribution in [0.2, 0.25) is 0 Å². The largest absolute Gasteiger partial charge is 0.417 e. The molecule has 0 atom stereocenters. The van der Waals surface area contributed by atoms with E-state index < -0.39 is 22.9 Å². The lowest BCUT2D eigenvalue weighted by Gasteiger charge is -2.14. The summed E-state index contributed by atoms with van der Waals surface area (Å²) in [7, 11) is 0. The molecule has 0 aliphatic rings. The van der Waals surface area contributed by atoms with Crippen LogP contribution in [-0.4, -0.2) is 15.0 Å². The van der Waals surface area contributed by atoms with Crippen LogP contribution in [0.4, 0.5) is 13.2 Å². The van der Waals surface area contributed by atoms with Crippen molar-refractivity contribution >= 4 is 11.0 Å². The number of alkyl halides is 3. The molecule has 0 saturated heterocycles. The first-order valence-corrected chi connectivity index (χ1v) is 6.14. The Hall–Kier alpha value is -2.90. The second-order valence-corrected chi connectivity index (χ2v) is 4.59. The molecule has 0 aliphatic carbocycles. The summed E-state index contributed by atoms with van der Waals surface area (Å²) in [5.74, 6) is 0. The number of halogens is 3. The lowest BCUT2D eigenvalue weighted by atomic mass is 9.99. The SMILES string of the molecule is O=c1[nH]c2cc(-c3cccnc3)c(C(F)(F)F)cc2[nH]c1=O. The van der Waals surface area contributed by atoms with Gasteiger partial charge in [0.25, 0.3) is 0 Å². The minimum Gasteiger partial charge on any atom is -0.316 e. The fourth-order valence-corrected chi connectivity index (χ4v) is 2.16. The van der Waals surface area contributed by atoms with Gasteiger partial charge in [0.2, 0.25) is 0 Å². The highest BCUT2D eigenvalue weighted by Gasteiger charge is 2.34. The zero-order chi connectivity index (χ0) is 15.9. The van der Waals surface area contributed by atoms with E-state index in [4.69, 9.17) is 0 Å². The molecule has 3 aromatic rings. The fraction of sp³-hybridized carbons (Fsp3) is 0.0714. The molecule has 22 heavy (non-hydrogen) atoms. The Bertz CT molecular complexity index is 959. The van der Waals surface area contributed by atoms with Crippen LogP contribution in [0.5, 0.6) is 0 Å². The highest BCUT2D eigenvalue weighted by molar-refractivity contribution is 5.83. The highest BCUT2D eigenvalue weighted by Crippen LogP contribution is 2.38. The number of aromatic nitrogens is 3. The number of rotatable bonds is 1. The Balaban J connectivity index is 2.41. The van der Waals surface area contributed by atoms with Crippen molar-refractivity contribution in [3.63, 3.8) is 0 Å². The first kappa shape index (κ1) is 14.1. The van der Waals surface area contributed by atoms with E-state index in [9.17, 15) is 22.8 Å². The lowest BCUT2D eigenvalue weighted by Crippen LogP contribution is -2.29. The van der Waals surface area contributed by atoms with Crippen molar-refractivity contribution in [2.75, 3.05) is 0 Å². The van der Waals surface area contributed by atoms with Crippen LogP contribution >= 0.6 is 0 Å². The number of benzene rings is 1. The molecule has 2 N–H and O–H groups in total. The summed E-state index contributed by atoms with van der Waals surface area (Å²) in [5, 5.41) is 0. The highest BCUT2D eigenvalue weighted by atomic mass is 19.4. The van der Waals surface area contributed by atoms with Gasteiger partial charge in [0, 0.05) is 18.0 Å². The first-order chi connectivity index (χ1) is 10.4. The normalized spacial score (nSPS) is 11.8. The van der Waals surface area contributed by atoms with Gasteiger partial charge >= 0.3 is 17.3 Å². The number of H-pyrrole nitrogens is 2. The quantitative estimate of drug-likeness (QED) is 0.677. The molecule has 2 heterocycles. The lowest BCUT2D eigenvalue weighted by molar-refractivity contribution is -0.137. The number of aromatic amines is 2. The van der Waals surface area contributed by atoms with Crippen LogP contribution in [0.25, 0.3) is 22.2 Å². The van der Waals surface area contributed by atoms with Crippen molar-refractivity contribution in [3.05, 3.63) is 62.9 Å². The van der Waals surface area contributed by atoms with Crippen molar-refractivity contribution in [1.29, 1.82) is 0 Å². The number of nitrogens with zero attached hydrogens (tertiary/aromatic N) is 1. The predicted molar refractivity (Wildman–Crippen MR) is 73.4 cm³/mol. The summed E-state index contributed by atoms with van der Waals surface area (Å²) >= 11 is 0. The van der Waals surface area contributed by atoms with E-state index in [0.29, 0.717) is 0 Å². The summed E-state index contributed by atoms with van der Waals surface area (Å²) in [6, 6.07) is 4.96. The maximum Gasteiger partial charge on any atom is 0.417 e. The van der Waals surface area contributed by atoms with Crippen molar-refractivity contribution in [2.45, 2.75) is 6.18 Å². The van der Waals surface area contributed by atoms with Crippen LogP contribution in [0, 0.1) is 0 Å². The van der Waals surface area contributed by atoms with Crippen molar-refractivity contribution in [3.8, 4) is 11.1 Å². The molecular weight excluding hydrogens is 299 g/mol. The van der Waals surface area contributed by atoms with Gasteiger partial charge in [0.15, 0.2) is 0 Å². The molecule has 0 radical (unpaired) electrons. The van der Waals surface area contributed by atoms with Gasteiger partial charge in [-0.1, -0.05) is 6.07 Å². The Morgan fingerprint density at radius 1 is 1.00 bits per heavy atom. The van der Waals surface area contributed by atoms with Crippen LogP contribution < -0.4 is 11.1 Å². The summed E-state index contributed by atoms with van der Waals surface area (Å²) in [5.41, 5.74) is -2.71. The minimum atomic E-state index is -4.62. The smallest absolute Gasteiger partial charge is 0.316 e. The van der Waals surface area contributed by atoms with Crippen LogP contribution in [0.1, 0.15) is 5.56 Å². The van der Waals surface area contributed by atoms with E-state index in [0.717, 1.165) is 6.07 Å². The molecule has 0 unspecified atom stereocenters. The van der Waals surface area contributed by atoms with Gasteiger partial charge in [-0.3, -0.25) is 14.6 Å². The Kier molecular flexibility index (Phi) is 3.09. The molecule has 0 aliphatic heterocycles. The van der Waals surface area contributed by atoms with Gasteiger partial charge in [0.1, 0.15) is 0 Å². The van der Waals surface area contributed by atoms with Crippen molar-refractivity contribution < 1.29 is 13.2 Å². The molecule has 0 spiro atoms. The molecule has 2 aromatic heterocycles. The Labute approximate surface area is 120 Å². The van der Waals surface area contributed by atoms with E-state index in [1.54, 1.807) is 0 Å². The van der Waals surface area contributed by atoms with E-state index in [1.807, 2.05) is 0 Å². The van der Waals surface area contributed by atoms with Crippen LogP contribution in [0.15, 0.2) is 46.2 Å². The van der Waals surface area contributed by atoms with E-state index in [-0.39, 0.29) is 22.2 Å². The van der Waals surface area contributed by atoms with Crippen LogP contribution in [-0.2, 0) is 6.18 Å². The van der Waals surface area contributed by atoms with Crippen molar-refractivity contribution in [1.82, 2.24) is 15.0 Å². The first-order valence-electron chi connectivity index (χ1n) is 6.14. The van der Waals surface area contributed by atoms with Gasteiger partial charge < -0.3 is 9.97 Å². The summed E-state index contributed by atoms with van der Waals surface area (Å²) < 4.78 is 39.8. The molecule has 5 nitrogen and oxygen atoms in total. The summed E-state index contributed by atoms with van der Waals surface area (Å²) in [6.45, 7) is 0. The van der Waals surface area contributed by atoms with Gasteiger partial charge in [-0.25, -0.2) is 0 Å². The third-order valence-corrected chi connectivity index (χ3v) is 3.14. The van der Waals surface area contributed by atoms with Crippen molar-refractivity contribution in [2.24, 2.45) is 0 Å². The topological polar surface area (TPSA) is 78.6 Å². The molecule has 112 valence electrons. The predicted octanol–water partition coefficient (Wildman–Crippen LogP) is 2.30. The van der Waals surface area contributed by atoms with Crippen LogP contribution in [0.3, 0.4) is 0 Å².